The zero-order chi connectivity index (χ0) is 22.6. The van der Waals surface area contributed by atoms with Gasteiger partial charge in [0.25, 0.3) is 0 Å². The molecule has 2 unspecified atom stereocenters. The van der Waals surface area contributed by atoms with Gasteiger partial charge in [0.2, 0.25) is 5.12 Å². The number of hydrogen-bond donors (Lipinski definition) is 0. The zero-order valence-electron chi connectivity index (χ0n) is 18.9. The molecule has 0 aromatic heterocycles. The number of ether oxygens (including phenoxy) is 1. The Bertz CT molecular complexity index is 866. The molecule has 7 atom stereocenters. The fraction of sp³-hybridized carbons (Fsp3) is 0.720. The van der Waals surface area contributed by atoms with Gasteiger partial charge in [0.1, 0.15) is 6.01 Å². The van der Waals surface area contributed by atoms with Crippen LogP contribution < -0.4 is 0 Å². The average molecular weight is 449 g/mol. The molecule has 0 saturated heterocycles. The lowest BCUT2D eigenvalue weighted by molar-refractivity contribution is -0.185. The number of rotatable bonds is 4. The largest absolute Gasteiger partial charge is 0.449 e. The SMILES string of the molecule is CCC(=O)OC1(C(=O)SCF)CC[C@H]2[C@@H]3CC(C)C4=CC(=O)C=C[C@]4(C)[C@H]3CC[C@@]21C. The second-order valence-corrected chi connectivity index (χ2v) is 11.2. The third-order valence-corrected chi connectivity index (χ3v) is 9.79. The number of carbonyl (C=O) groups excluding carboxylic acids is 3. The van der Waals surface area contributed by atoms with Crippen molar-refractivity contribution in [3.8, 4) is 0 Å². The lowest BCUT2D eigenvalue weighted by Gasteiger charge is -2.59. The fourth-order valence-electron chi connectivity index (χ4n) is 7.59. The molecule has 4 rings (SSSR count). The third-order valence-electron chi connectivity index (χ3n) is 9.09. The molecular weight excluding hydrogens is 415 g/mol. The van der Waals surface area contributed by atoms with Gasteiger partial charge in [-0.15, -0.1) is 0 Å². The predicted molar refractivity (Wildman–Crippen MR) is 119 cm³/mol. The average Bonchev–Trinajstić information content (AvgIpc) is 3.03. The second kappa shape index (κ2) is 7.86. The molecule has 0 bridgehead atoms. The Hall–Kier alpha value is -1.43. The minimum atomic E-state index is -1.24. The van der Waals surface area contributed by atoms with E-state index in [9.17, 15) is 18.8 Å². The topological polar surface area (TPSA) is 60.4 Å². The maximum absolute atomic E-state index is 13.2. The quantitative estimate of drug-likeness (QED) is 0.538. The summed E-state index contributed by atoms with van der Waals surface area (Å²) in [4.78, 5) is 37.7. The summed E-state index contributed by atoms with van der Waals surface area (Å²) in [6, 6.07) is -0.806. The number of fused-ring (bicyclic) bond motifs is 5. The van der Waals surface area contributed by atoms with E-state index in [0.717, 1.165) is 25.7 Å². The Morgan fingerprint density at radius 1 is 1.23 bits per heavy atom. The molecule has 0 spiro atoms. The van der Waals surface area contributed by atoms with Crippen LogP contribution in [0.2, 0.25) is 0 Å². The number of esters is 1. The van der Waals surface area contributed by atoms with E-state index in [0.29, 0.717) is 30.0 Å². The van der Waals surface area contributed by atoms with Crippen LogP contribution in [0.1, 0.15) is 66.2 Å². The summed E-state index contributed by atoms with van der Waals surface area (Å²) >= 11 is 0.641. The van der Waals surface area contributed by atoms with Gasteiger partial charge in [-0.1, -0.05) is 39.3 Å². The Morgan fingerprint density at radius 2 is 1.94 bits per heavy atom. The Labute approximate surface area is 188 Å². The van der Waals surface area contributed by atoms with E-state index in [-0.39, 0.29) is 40.5 Å². The molecule has 0 aliphatic heterocycles. The smallest absolute Gasteiger partial charge is 0.306 e. The highest BCUT2D eigenvalue weighted by Crippen LogP contribution is 2.69. The van der Waals surface area contributed by atoms with E-state index >= 15 is 0 Å². The van der Waals surface area contributed by atoms with Gasteiger partial charge < -0.3 is 4.74 Å². The number of carbonyl (C=O) groups is 3. The van der Waals surface area contributed by atoms with Crippen LogP contribution in [0.5, 0.6) is 0 Å². The van der Waals surface area contributed by atoms with E-state index in [2.05, 4.69) is 26.8 Å². The highest BCUT2D eigenvalue weighted by molar-refractivity contribution is 8.13. The van der Waals surface area contributed by atoms with Gasteiger partial charge >= 0.3 is 5.97 Å². The van der Waals surface area contributed by atoms with Gasteiger partial charge in [-0.2, -0.15) is 0 Å². The van der Waals surface area contributed by atoms with Crippen molar-refractivity contribution in [3.05, 3.63) is 23.8 Å². The summed E-state index contributed by atoms with van der Waals surface area (Å²) in [6.45, 7) is 8.27. The fourth-order valence-corrected chi connectivity index (χ4v) is 8.30. The number of halogens is 1. The first-order valence-corrected chi connectivity index (χ1v) is 12.5. The van der Waals surface area contributed by atoms with Gasteiger partial charge in [0.05, 0.1) is 0 Å². The van der Waals surface area contributed by atoms with Crippen LogP contribution in [-0.2, 0) is 19.1 Å². The number of thioether (sulfide) groups is 1. The number of allylic oxidation sites excluding steroid dienone is 4. The molecule has 3 fully saturated rings. The maximum atomic E-state index is 13.2. The Balaban J connectivity index is 1.73. The van der Waals surface area contributed by atoms with Crippen LogP contribution in [0, 0.1) is 34.5 Å². The van der Waals surface area contributed by atoms with Crippen LogP contribution in [0.15, 0.2) is 23.8 Å². The van der Waals surface area contributed by atoms with Gasteiger partial charge in [-0.05, 0) is 79.7 Å². The van der Waals surface area contributed by atoms with Crippen LogP contribution in [0.4, 0.5) is 4.39 Å². The third kappa shape index (κ3) is 3.19. The number of ketones is 1. The molecule has 0 aromatic carbocycles. The Kier molecular flexibility index (Phi) is 5.77. The molecule has 0 heterocycles. The molecule has 0 N–H and O–H groups in total. The summed E-state index contributed by atoms with van der Waals surface area (Å²) in [5.74, 6) is 0.954. The lowest BCUT2D eigenvalue weighted by Crippen LogP contribution is -2.59. The van der Waals surface area contributed by atoms with Gasteiger partial charge in [-0.25, -0.2) is 4.39 Å². The Morgan fingerprint density at radius 3 is 2.61 bits per heavy atom. The summed E-state index contributed by atoms with van der Waals surface area (Å²) in [6.07, 6.45) is 9.73. The normalized spacial score (nSPS) is 43.5. The molecule has 4 aliphatic rings. The first-order chi connectivity index (χ1) is 14.6. The molecule has 0 aromatic rings. The van der Waals surface area contributed by atoms with E-state index in [1.807, 2.05) is 6.08 Å². The second-order valence-electron chi connectivity index (χ2n) is 10.3. The summed E-state index contributed by atoms with van der Waals surface area (Å²) in [5, 5.41) is -0.334. The van der Waals surface area contributed by atoms with Gasteiger partial charge in [0.15, 0.2) is 11.4 Å². The summed E-state index contributed by atoms with van der Waals surface area (Å²) < 4.78 is 19.1. The van der Waals surface area contributed by atoms with E-state index in [1.54, 1.807) is 13.0 Å². The summed E-state index contributed by atoms with van der Waals surface area (Å²) in [7, 11) is 0. The molecule has 31 heavy (non-hydrogen) atoms. The summed E-state index contributed by atoms with van der Waals surface area (Å²) in [5.41, 5.74) is -0.661. The minimum absolute atomic E-state index is 0.0682. The van der Waals surface area contributed by atoms with Crippen LogP contribution in [0.3, 0.4) is 0 Å². The minimum Gasteiger partial charge on any atom is -0.449 e. The number of alkyl halides is 1. The molecule has 3 saturated carbocycles. The molecule has 6 heteroatoms. The van der Waals surface area contributed by atoms with Crippen molar-refractivity contribution in [2.24, 2.45) is 34.5 Å². The molecular formula is C25H33FO4S. The molecule has 0 amide bonds. The van der Waals surface area contributed by atoms with Crippen molar-refractivity contribution < 1.29 is 23.5 Å². The van der Waals surface area contributed by atoms with Crippen molar-refractivity contribution in [3.63, 3.8) is 0 Å². The van der Waals surface area contributed by atoms with Crippen molar-refractivity contribution in [2.75, 3.05) is 6.01 Å². The monoisotopic (exact) mass is 448 g/mol. The highest BCUT2D eigenvalue weighted by Gasteiger charge is 2.69. The zero-order valence-corrected chi connectivity index (χ0v) is 19.7. The highest BCUT2D eigenvalue weighted by atomic mass is 32.2. The van der Waals surface area contributed by atoms with E-state index < -0.39 is 17.0 Å². The molecule has 4 nitrogen and oxygen atoms in total. The van der Waals surface area contributed by atoms with Crippen LogP contribution in [-0.4, -0.2) is 28.5 Å². The van der Waals surface area contributed by atoms with E-state index in [4.69, 9.17) is 4.74 Å². The lowest BCUT2D eigenvalue weighted by atomic mass is 9.46. The molecule has 4 aliphatic carbocycles. The van der Waals surface area contributed by atoms with Gasteiger partial charge in [0, 0.05) is 17.3 Å². The van der Waals surface area contributed by atoms with Crippen molar-refractivity contribution in [2.45, 2.75) is 71.8 Å². The van der Waals surface area contributed by atoms with Crippen molar-refractivity contribution >= 4 is 28.6 Å². The van der Waals surface area contributed by atoms with E-state index in [1.165, 1.54) is 5.57 Å². The predicted octanol–water partition coefficient (Wildman–Crippen LogP) is 5.42. The molecule has 170 valence electrons. The molecule has 0 radical (unpaired) electrons. The standard InChI is InChI=1S/C25H33FO4S/c1-5-21(28)30-25(22(29)31-14-26)11-8-19-17-12-15(2)20-13-16(27)6-9-23(20,3)18(17)7-10-24(19,25)4/h6,9,13,15,17-19H,5,7-8,10-12,14H2,1-4H3/t15?,17-,18+,19+,23-,24+,25?/m1/s1. The number of hydrogen-bond acceptors (Lipinski definition) is 5. The first-order valence-electron chi connectivity index (χ1n) is 11.5. The van der Waals surface area contributed by atoms with Crippen molar-refractivity contribution in [1.29, 1.82) is 0 Å². The maximum Gasteiger partial charge on any atom is 0.306 e. The first kappa shape index (κ1) is 22.8. The van der Waals surface area contributed by atoms with Crippen LogP contribution >= 0.6 is 11.8 Å². The van der Waals surface area contributed by atoms with Crippen LogP contribution in [0.25, 0.3) is 0 Å². The van der Waals surface area contributed by atoms with Crippen molar-refractivity contribution in [1.82, 2.24) is 0 Å². The van der Waals surface area contributed by atoms with Gasteiger partial charge in [-0.3, -0.25) is 14.4 Å².